The van der Waals surface area contributed by atoms with Crippen LogP contribution >= 0.6 is 35.3 Å². The predicted molar refractivity (Wildman–Crippen MR) is 138 cm³/mol. The first-order valence-electron chi connectivity index (χ1n) is 10.5. The summed E-state index contributed by atoms with van der Waals surface area (Å²) in [4.78, 5) is 14.2. The minimum absolute atomic E-state index is 0. The number of benzene rings is 1. The van der Waals surface area contributed by atoms with Gasteiger partial charge in [-0.25, -0.2) is 4.98 Å². The first-order valence-corrected chi connectivity index (χ1v) is 11.4. The fourth-order valence-corrected chi connectivity index (χ4v) is 4.24. The molecule has 0 radical (unpaired) electrons. The summed E-state index contributed by atoms with van der Waals surface area (Å²) < 4.78 is 10.9. The maximum atomic E-state index is 5.53. The second kappa shape index (κ2) is 13.1. The van der Waals surface area contributed by atoms with Gasteiger partial charge in [-0.2, -0.15) is 0 Å². The van der Waals surface area contributed by atoms with Crippen LogP contribution in [0.4, 0.5) is 0 Å². The number of nitrogens with one attached hydrogen (secondary N) is 1. The van der Waals surface area contributed by atoms with Crippen LogP contribution in [0.15, 0.2) is 28.6 Å². The Bertz CT molecular complexity index is 837. The first kappa shape index (κ1) is 25.7. The van der Waals surface area contributed by atoms with Crippen LogP contribution in [0.5, 0.6) is 11.5 Å². The van der Waals surface area contributed by atoms with Crippen LogP contribution in [0, 0.1) is 6.92 Å². The van der Waals surface area contributed by atoms with Gasteiger partial charge in [0.15, 0.2) is 5.96 Å². The van der Waals surface area contributed by atoms with Gasteiger partial charge in [-0.1, -0.05) is 0 Å². The quantitative estimate of drug-likeness (QED) is 0.304. The van der Waals surface area contributed by atoms with Crippen LogP contribution < -0.4 is 14.8 Å². The fourth-order valence-electron chi connectivity index (χ4n) is 3.59. The maximum absolute atomic E-state index is 5.53. The van der Waals surface area contributed by atoms with Crippen LogP contribution in [0.25, 0.3) is 0 Å². The number of thiazole rings is 1. The summed E-state index contributed by atoms with van der Waals surface area (Å²) in [6.07, 6.45) is 0.884. The first-order chi connectivity index (χ1) is 14.6. The molecule has 3 rings (SSSR count). The monoisotopic (exact) mass is 559 g/mol. The molecule has 1 N–H and O–H groups in total. The van der Waals surface area contributed by atoms with E-state index in [9.17, 15) is 0 Å². The average Bonchev–Trinajstić information content (AvgIpc) is 3.18. The zero-order chi connectivity index (χ0) is 21.3. The summed E-state index contributed by atoms with van der Waals surface area (Å²) in [6.45, 7) is 10.5. The van der Waals surface area contributed by atoms with Crippen molar-refractivity contribution >= 4 is 41.3 Å². The summed E-state index contributed by atoms with van der Waals surface area (Å²) in [5, 5.41) is 6.69. The van der Waals surface area contributed by atoms with Crippen molar-refractivity contribution in [3.8, 4) is 11.5 Å². The number of halogens is 1. The van der Waals surface area contributed by atoms with Crippen molar-refractivity contribution in [2.24, 2.45) is 4.99 Å². The molecule has 1 saturated heterocycles. The number of guanidine groups is 1. The van der Waals surface area contributed by atoms with Crippen LogP contribution in [0.2, 0.25) is 0 Å². The van der Waals surface area contributed by atoms with Crippen molar-refractivity contribution in [1.82, 2.24) is 20.1 Å². The average molecular weight is 560 g/mol. The number of piperazine rings is 1. The third-order valence-corrected chi connectivity index (χ3v) is 6.01. The second-order valence-electron chi connectivity index (χ2n) is 7.28. The van der Waals surface area contributed by atoms with E-state index in [0.717, 1.165) is 86.0 Å². The van der Waals surface area contributed by atoms with Gasteiger partial charge in [-0.3, -0.25) is 9.89 Å². The minimum Gasteiger partial charge on any atom is -0.497 e. The van der Waals surface area contributed by atoms with Crippen molar-refractivity contribution in [2.45, 2.75) is 26.8 Å². The van der Waals surface area contributed by atoms with E-state index in [1.54, 1.807) is 25.6 Å². The lowest BCUT2D eigenvalue weighted by Crippen LogP contribution is -2.52. The van der Waals surface area contributed by atoms with E-state index in [0.29, 0.717) is 0 Å². The standard InChI is InChI=1S/C22H33N5O2S.HI/c1-5-23-22(24-9-8-19-16-30-17(2)25-19)27-12-10-26(11-13-27)15-18-14-20(28-3)6-7-21(18)29-4;/h6-7,14,16H,5,8-13,15H2,1-4H3,(H,23,24);1H. The molecule has 0 saturated carbocycles. The van der Waals surface area contributed by atoms with Gasteiger partial charge < -0.3 is 19.7 Å². The van der Waals surface area contributed by atoms with Gasteiger partial charge in [0, 0.05) is 63.2 Å². The normalized spacial score (nSPS) is 14.8. The van der Waals surface area contributed by atoms with E-state index in [1.807, 2.05) is 19.1 Å². The van der Waals surface area contributed by atoms with E-state index >= 15 is 0 Å². The molecule has 9 heteroatoms. The van der Waals surface area contributed by atoms with Gasteiger partial charge in [-0.05, 0) is 32.0 Å². The van der Waals surface area contributed by atoms with Crippen molar-refractivity contribution in [1.29, 1.82) is 0 Å². The number of rotatable bonds is 8. The molecule has 0 spiro atoms. The molecule has 1 aromatic heterocycles. The Labute approximate surface area is 206 Å². The SMILES string of the molecule is CCNC(=NCCc1csc(C)n1)N1CCN(Cc2cc(OC)ccc2OC)CC1.I. The van der Waals surface area contributed by atoms with Crippen molar-refractivity contribution in [2.75, 3.05) is 53.5 Å². The van der Waals surface area contributed by atoms with Gasteiger partial charge in [-0.15, -0.1) is 35.3 Å². The van der Waals surface area contributed by atoms with Gasteiger partial charge in [0.1, 0.15) is 11.5 Å². The molecule has 1 aliphatic heterocycles. The number of methoxy groups -OCH3 is 2. The molecule has 172 valence electrons. The molecular weight excluding hydrogens is 525 g/mol. The molecule has 0 bridgehead atoms. The number of ether oxygens (including phenoxy) is 2. The van der Waals surface area contributed by atoms with Crippen LogP contribution in [0.1, 0.15) is 23.2 Å². The van der Waals surface area contributed by atoms with E-state index < -0.39 is 0 Å². The molecule has 7 nitrogen and oxygen atoms in total. The van der Waals surface area contributed by atoms with Crippen LogP contribution in [-0.2, 0) is 13.0 Å². The molecule has 0 aliphatic carbocycles. The second-order valence-corrected chi connectivity index (χ2v) is 8.35. The van der Waals surface area contributed by atoms with Gasteiger partial charge in [0.25, 0.3) is 0 Å². The molecule has 0 unspecified atom stereocenters. The highest BCUT2D eigenvalue weighted by atomic mass is 127. The number of aromatic nitrogens is 1. The number of nitrogens with zero attached hydrogens (tertiary/aromatic N) is 4. The van der Waals surface area contributed by atoms with E-state index in [4.69, 9.17) is 14.5 Å². The van der Waals surface area contributed by atoms with E-state index in [2.05, 4.69) is 38.5 Å². The highest BCUT2D eigenvalue weighted by molar-refractivity contribution is 14.0. The molecule has 2 heterocycles. The molecule has 2 aromatic rings. The van der Waals surface area contributed by atoms with Crippen LogP contribution in [0.3, 0.4) is 0 Å². The predicted octanol–water partition coefficient (Wildman–Crippen LogP) is 3.41. The van der Waals surface area contributed by atoms with Crippen molar-refractivity contribution in [3.63, 3.8) is 0 Å². The lowest BCUT2D eigenvalue weighted by atomic mass is 10.1. The zero-order valence-electron chi connectivity index (χ0n) is 18.9. The summed E-state index contributed by atoms with van der Waals surface area (Å²) in [5.74, 6) is 2.77. The Kier molecular flexibility index (Phi) is 10.8. The topological polar surface area (TPSA) is 62.2 Å². The minimum atomic E-state index is 0. The molecule has 1 aliphatic rings. The number of aliphatic imine (C=N–C) groups is 1. The summed E-state index contributed by atoms with van der Waals surface area (Å²) >= 11 is 1.70. The van der Waals surface area contributed by atoms with Crippen molar-refractivity contribution < 1.29 is 9.47 Å². The fraction of sp³-hybridized carbons (Fsp3) is 0.545. The molecule has 1 fully saturated rings. The maximum Gasteiger partial charge on any atom is 0.194 e. The van der Waals surface area contributed by atoms with E-state index in [1.165, 1.54) is 0 Å². The Morgan fingerprint density at radius 1 is 1.19 bits per heavy atom. The molecule has 0 amide bonds. The smallest absolute Gasteiger partial charge is 0.194 e. The summed E-state index contributed by atoms with van der Waals surface area (Å²) in [7, 11) is 3.41. The van der Waals surface area contributed by atoms with Gasteiger partial charge >= 0.3 is 0 Å². The summed E-state index contributed by atoms with van der Waals surface area (Å²) in [6, 6.07) is 5.98. The zero-order valence-corrected chi connectivity index (χ0v) is 22.0. The summed E-state index contributed by atoms with van der Waals surface area (Å²) in [5.41, 5.74) is 2.29. The lowest BCUT2D eigenvalue weighted by Gasteiger charge is -2.36. The Hall–Kier alpha value is -1.59. The van der Waals surface area contributed by atoms with Crippen LogP contribution in [-0.4, -0.2) is 74.2 Å². The third-order valence-electron chi connectivity index (χ3n) is 5.18. The third kappa shape index (κ3) is 7.50. The number of aryl methyl sites for hydroxylation is 1. The number of hydrogen-bond donors (Lipinski definition) is 1. The Morgan fingerprint density at radius 2 is 1.97 bits per heavy atom. The highest BCUT2D eigenvalue weighted by Crippen LogP contribution is 2.25. The van der Waals surface area contributed by atoms with Crippen molar-refractivity contribution in [3.05, 3.63) is 39.8 Å². The largest absolute Gasteiger partial charge is 0.497 e. The van der Waals surface area contributed by atoms with Gasteiger partial charge in [0.2, 0.25) is 0 Å². The Balaban J connectivity index is 0.00000341. The Morgan fingerprint density at radius 3 is 2.58 bits per heavy atom. The molecule has 31 heavy (non-hydrogen) atoms. The van der Waals surface area contributed by atoms with Gasteiger partial charge in [0.05, 0.1) is 24.9 Å². The molecule has 1 aromatic carbocycles. The van der Waals surface area contributed by atoms with E-state index in [-0.39, 0.29) is 24.0 Å². The highest BCUT2D eigenvalue weighted by Gasteiger charge is 2.20. The molecular formula is C22H34IN5O2S. The lowest BCUT2D eigenvalue weighted by molar-refractivity contribution is 0.171. The number of hydrogen-bond acceptors (Lipinski definition) is 6. The molecule has 0 atom stereocenters.